The van der Waals surface area contributed by atoms with Crippen LogP contribution in [0.25, 0.3) is 0 Å². The second-order valence-corrected chi connectivity index (χ2v) is 10.8. The number of hydrogen-bond acceptors (Lipinski definition) is 5. The molecule has 1 aromatic rings. The van der Waals surface area contributed by atoms with Crippen molar-refractivity contribution in [2.45, 2.75) is 92.0 Å². The van der Waals surface area contributed by atoms with E-state index in [2.05, 4.69) is 4.74 Å². The smallest absolute Gasteiger partial charge is 0.444 e. The lowest BCUT2D eigenvalue weighted by molar-refractivity contribution is -0.274. The molecule has 1 aliphatic heterocycles. The van der Waals surface area contributed by atoms with Crippen LogP contribution >= 0.6 is 0 Å². The van der Waals surface area contributed by atoms with Gasteiger partial charge in [0.1, 0.15) is 11.4 Å². The summed E-state index contributed by atoms with van der Waals surface area (Å²) < 4.78 is 60.7. The molecule has 1 heterocycles. The largest absolute Gasteiger partial charge is 0.573 e. The van der Waals surface area contributed by atoms with E-state index >= 15 is 0 Å². The number of nitrogens with zero attached hydrogens (tertiary/aromatic N) is 1. The molecule has 186 valence electrons. The first-order valence-electron chi connectivity index (χ1n) is 11.0. The van der Waals surface area contributed by atoms with Crippen molar-refractivity contribution >= 4 is 18.7 Å². The van der Waals surface area contributed by atoms with Crippen LogP contribution in [0.3, 0.4) is 0 Å². The zero-order valence-electron chi connectivity index (χ0n) is 20.9. The number of hydrogen-bond donors (Lipinski definition) is 0. The van der Waals surface area contributed by atoms with Gasteiger partial charge < -0.3 is 23.7 Å². The molecule has 33 heavy (non-hydrogen) atoms. The van der Waals surface area contributed by atoms with Gasteiger partial charge in [0.15, 0.2) is 0 Å². The maximum Gasteiger partial charge on any atom is 0.573 e. The minimum absolute atomic E-state index is 0.0364. The Morgan fingerprint density at radius 2 is 1.61 bits per heavy atom. The average Bonchev–Trinajstić information content (AvgIpc) is 2.78. The van der Waals surface area contributed by atoms with Crippen LogP contribution in [0.2, 0.25) is 0 Å². The molecule has 0 saturated carbocycles. The molecular formula is C23H35BF3NO5. The lowest BCUT2D eigenvalue weighted by Gasteiger charge is -2.32. The SMILES string of the molecule is CC(C)CN(Cc1cc(OC(F)(F)F)cc(B2OC(C)(C)C(C)(C)O2)c1)C(=O)OC(C)(C)C. The molecular weight excluding hydrogens is 438 g/mol. The van der Waals surface area contributed by atoms with Crippen LogP contribution in [0.5, 0.6) is 5.75 Å². The molecule has 1 amide bonds. The molecule has 0 bridgehead atoms. The number of rotatable bonds is 6. The molecule has 0 aliphatic carbocycles. The molecule has 0 radical (unpaired) electrons. The van der Waals surface area contributed by atoms with E-state index in [0.717, 1.165) is 0 Å². The molecule has 0 aromatic heterocycles. The Hall–Kier alpha value is -1.94. The van der Waals surface area contributed by atoms with E-state index in [4.69, 9.17) is 14.0 Å². The standard InChI is InChI=1S/C23H35BF3NO5/c1-15(2)13-28(19(29)31-20(3,4)5)14-16-10-17(12-18(11-16)30-23(25,26)27)24-32-21(6,7)22(8,9)33-24/h10-12,15H,13-14H2,1-9H3. The van der Waals surface area contributed by atoms with Crippen LogP contribution in [-0.2, 0) is 20.6 Å². The number of amides is 1. The number of ether oxygens (including phenoxy) is 2. The lowest BCUT2D eigenvalue weighted by atomic mass is 9.78. The minimum atomic E-state index is -4.87. The summed E-state index contributed by atoms with van der Waals surface area (Å²) in [5.41, 5.74) is -1.23. The number of halogens is 3. The second kappa shape index (κ2) is 9.37. The number of alkyl halides is 3. The average molecular weight is 473 g/mol. The molecule has 1 saturated heterocycles. The van der Waals surface area contributed by atoms with Crippen LogP contribution in [0.4, 0.5) is 18.0 Å². The molecule has 1 fully saturated rings. The van der Waals surface area contributed by atoms with Crippen LogP contribution in [-0.4, -0.2) is 47.8 Å². The van der Waals surface area contributed by atoms with Crippen molar-refractivity contribution in [2.75, 3.05) is 6.54 Å². The van der Waals surface area contributed by atoms with Crippen molar-refractivity contribution in [2.24, 2.45) is 5.92 Å². The number of carbonyl (C=O) groups is 1. The number of carbonyl (C=O) groups excluding carboxylic acids is 1. The maximum absolute atomic E-state index is 13.0. The Kier molecular flexibility index (Phi) is 7.75. The van der Waals surface area contributed by atoms with Crippen molar-refractivity contribution in [3.8, 4) is 5.75 Å². The first kappa shape index (κ1) is 27.3. The Bertz CT molecular complexity index is 833. The Morgan fingerprint density at radius 1 is 1.06 bits per heavy atom. The summed E-state index contributed by atoms with van der Waals surface area (Å²) in [5, 5.41) is 0. The van der Waals surface area contributed by atoms with Crippen molar-refractivity contribution in [1.82, 2.24) is 4.90 Å². The van der Waals surface area contributed by atoms with E-state index in [-0.39, 0.29) is 12.5 Å². The summed E-state index contributed by atoms with van der Waals surface area (Å²) in [4.78, 5) is 14.2. The maximum atomic E-state index is 13.0. The first-order valence-corrected chi connectivity index (χ1v) is 11.0. The van der Waals surface area contributed by atoms with E-state index in [1.807, 2.05) is 41.5 Å². The van der Waals surface area contributed by atoms with Gasteiger partial charge in [-0.1, -0.05) is 19.9 Å². The van der Waals surface area contributed by atoms with Crippen LogP contribution in [0.15, 0.2) is 18.2 Å². The van der Waals surface area contributed by atoms with Gasteiger partial charge in [0.05, 0.1) is 11.2 Å². The third kappa shape index (κ3) is 7.81. The quantitative estimate of drug-likeness (QED) is 0.527. The van der Waals surface area contributed by atoms with Crippen LogP contribution in [0.1, 0.15) is 67.9 Å². The Morgan fingerprint density at radius 3 is 2.06 bits per heavy atom. The van der Waals surface area contributed by atoms with Gasteiger partial charge in [0.25, 0.3) is 0 Å². The fourth-order valence-electron chi connectivity index (χ4n) is 3.28. The highest BCUT2D eigenvalue weighted by Gasteiger charge is 2.52. The van der Waals surface area contributed by atoms with Gasteiger partial charge in [-0.2, -0.15) is 0 Å². The van der Waals surface area contributed by atoms with Gasteiger partial charge >= 0.3 is 19.6 Å². The van der Waals surface area contributed by atoms with Gasteiger partial charge in [-0.25, -0.2) is 4.79 Å². The summed E-state index contributed by atoms with van der Waals surface area (Å²) in [5.74, 6) is -0.284. The molecule has 0 N–H and O–H groups in total. The van der Waals surface area contributed by atoms with Gasteiger partial charge in [-0.05, 0) is 77.5 Å². The highest BCUT2D eigenvalue weighted by molar-refractivity contribution is 6.62. The normalized spacial score (nSPS) is 17.9. The molecule has 1 aromatic carbocycles. The lowest BCUT2D eigenvalue weighted by Crippen LogP contribution is -2.41. The Balaban J connectivity index is 2.42. The van der Waals surface area contributed by atoms with Gasteiger partial charge in [-0.3, -0.25) is 0 Å². The van der Waals surface area contributed by atoms with Crippen LogP contribution < -0.4 is 10.2 Å². The van der Waals surface area contributed by atoms with E-state index in [9.17, 15) is 18.0 Å². The fourth-order valence-corrected chi connectivity index (χ4v) is 3.28. The van der Waals surface area contributed by atoms with Crippen molar-refractivity contribution in [3.05, 3.63) is 23.8 Å². The second-order valence-electron chi connectivity index (χ2n) is 10.8. The predicted octanol–water partition coefficient (Wildman–Crippen LogP) is 5.28. The highest BCUT2D eigenvalue weighted by atomic mass is 19.4. The summed E-state index contributed by atoms with van der Waals surface area (Å²) in [7, 11) is -0.884. The van der Waals surface area contributed by atoms with Crippen molar-refractivity contribution in [3.63, 3.8) is 0 Å². The van der Waals surface area contributed by atoms with E-state index in [0.29, 0.717) is 17.6 Å². The monoisotopic (exact) mass is 473 g/mol. The summed E-state index contributed by atoms with van der Waals surface area (Å²) in [6.07, 6.45) is -5.41. The molecule has 0 spiro atoms. The van der Waals surface area contributed by atoms with Gasteiger partial charge in [0, 0.05) is 13.1 Å². The predicted molar refractivity (Wildman–Crippen MR) is 120 cm³/mol. The highest BCUT2D eigenvalue weighted by Crippen LogP contribution is 2.37. The zero-order valence-corrected chi connectivity index (χ0v) is 20.9. The number of benzene rings is 1. The first-order chi connectivity index (χ1) is 14.8. The van der Waals surface area contributed by atoms with Gasteiger partial charge in [-0.15, -0.1) is 13.2 Å². The van der Waals surface area contributed by atoms with Crippen LogP contribution in [0, 0.1) is 5.92 Å². The summed E-state index contributed by atoms with van der Waals surface area (Å²) in [6.45, 7) is 17.0. The molecule has 10 heteroatoms. The Labute approximate surface area is 194 Å². The third-order valence-electron chi connectivity index (χ3n) is 5.36. The van der Waals surface area contributed by atoms with Gasteiger partial charge in [0.2, 0.25) is 0 Å². The molecule has 6 nitrogen and oxygen atoms in total. The molecule has 2 rings (SSSR count). The van der Waals surface area contributed by atoms with E-state index in [1.165, 1.54) is 17.0 Å². The summed E-state index contributed by atoms with van der Waals surface area (Å²) in [6, 6.07) is 4.18. The zero-order chi connectivity index (χ0) is 25.4. The van der Waals surface area contributed by atoms with Crippen molar-refractivity contribution < 1.29 is 36.7 Å². The molecule has 1 aliphatic rings. The van der Waals surface area contributed by atoms with Crippen molar-refractivity contribution in [1.29, 1.82) is 0 Å². The molecule has 0 unspecified atom stereocenters. The third-order valence-corrected chi connectivity index (χ3v) is 5.36. The summed E-state index contributed by atoms with van der Waals surface area (Å²) >= 11 is 0. The topological polar surface area (TPSA) is 57.2 Å². The fraction of sp³-hybridized carbons (Fsp3) is 0.696. The van der Waals surface area contributed by atoms with E-state index < -0.39 is 42.1 Å². The minimum Gasteiger partial charge on any atom is -0.444 e. The van der Waals surface area contributed by atoms with E-state index in [1.54, 1.807) is 26.8 Å². The molecule has 0 atom stereocenters.